The van der Waals surface area contributed by atoms with Crippen molar-refractivity contribution < 1.29 is 19.6 Å². The molecule has 2 unspecified atom stereocenters. The summed E-state index contributed by atoms with van der Waals surface area (Å²) in [4.78, 5) is 10.6. The van der Waals surface area contributed by atoms with E-state index in [9.17, 15) is 14.5 Å². The minimum absolute atomic E-state index is 0.0421. The summed E-state index contributed by atoms with van der Waals surface area (Å²) in [5.74, 6) is -1.33. The Labute approximate surface area is 83.7 Å². The molecule has 0 radical (unpaired) electrons. The van der Waals surface area contributed by atoms with Gasteiger partial charge in [0.2, 0.25) is 13.8 Å². The minimum atomic E-state index is -2.11. The Morgan fingerprint density at radius 3 is 2.79 bits per heavy atom. The summed E-state index contributed by atoms with van der Waals surface area (Å²) >= 11 is 0. The molecule has 0 aliphatic carbocycles. The predicted octanol–water partition coefficient (Wildman–Crippen LogP) is 0.441. The summed E-state index contributed by atoms with van der Waals surface area (Å²) in [5, 5.41) is 19.2. The molecule has 5 nitrogen and oxygen atoms in total. The number of carboxylic acids is 1. The molecule has 0 aromatic carbocycles. The maximum atomic E-state index is 10.6. The van der Waals surface area contributed by atoms with Crippen LogP contribution in [0.25, 0.3) is 0 Å². The minimum Gasteiger partial charge on any atom is -0.479 e. The number of piperidine rings is 1. The van der Waals surface area contributed by atoms with Crippen molar-refractivity contribution >= 4 is 14.4 Å². The number of aliphatic carboxylic acids is 1. The fraction of sp³-hybridized carbons (Fsp3) is 0.875. The van der Waals surface area contributed by atoms with Crippen LogP contribution in [0.4, 0.5) is 0 Å². The van der Waals surface area contributed by atoms with Crippen LogP contribution in [0.3, 0.4) is 0 Å². The fourth-order valence-electron chi connectivity index (χ4n) is 1.66. The van der Waals surface area contributed by atoms with Crippen LogP contribution in [0.5, 0.6) is 0 Å². The summed E-state index contributed by atoms with van der Waals surface area (Å²) in [6.45, 7) is 1.61. The van der Waals surface area contributed by atoms with Crippen molar-refractivity contribution in [3.05, 3.63) is 0 Å². The van der Waals surface area contributed by atoms with Crippen LogP contribution in [0.2, 0.25) is 0 Å². The summed E-state index contributed by atoms with van der Waals surface area (Å²) in [6.07, 6.45) is 1.88. The van der Waals surface area contributed by atoms with Gasteiger partial charge in [-0.2, -0.15) is 0 Å². The quantitative estimate of drug-likeness (QED) is 0.597. The number of nitrogens with one attached hydrogen (secondary N) is 1. The largest absolute Gasteiger partial charge is 0.479 e. The Hall–Kier alpha value is -0.510. The van der Waals surface area contributed by atoms with Gasteiger partial charge in [-0.05, 0) is 31.8 Å². The molecule has 0 saturated carbocycles. The molecule has 80 valence electrons. The molecule has 2 atom stereocenters. The van der Waals surface area contributed by atoms with E-state index >= 15 is 0 Å². The van der Waals surface area contributed by atoms with Crippen molar-refractivity contribution in [2.24, 2.45) is 5.92 Å². The standard InChI is InChI=1S/C8H14NO4P/c10-7(11)8(12,14-13)4-6-2-1-3-9-5-6/h6,9,12H,1-5H2,(H,10,11). The number of carbonyl (C=O) groups is 1. The van der Waals surface area contributed by atoms with Crippen LogP contribution in [0, 0.1) is 5.92 Å². The molecule has 1 heterocycles. The Balaban J connectivity index is 2.54. The second kappa shape index (κ2) is 4.82. The highest BCUT2D eigenvalue weighted by Crippen LogP contribution is 2.30. The van der Waals surface area contributed by atoms with Gasteiger partial charge in [-0.1, -0.05) is 0 Å². The van der Waals surface area contributed by atoms with E-state index in [1.807, 2.05) is 0 Å². The van der Waals surface area contributed by atoms with Gasteiger partial charge in [0, 0.05) is 6.42 Å². The lowest BCUT2D eigenvalue weighted by Crippen LogP contribution is -2.39. The van der Waals surface area contributed by atoms with Crippen molar-refractivity contribution in [1.82, 2.24) is 5.32 Å². The van der Waals surface area contributed by atoms with Gasteiger partial charge >= 0.3 is 5.97 Å². The zero-order chi connectivity index (χ0) is 10.6. The molecule has 1 aliphatic rings. The van der Waals surface area contributed by atoms with Gasteiger partial charge in [0.05, 0.1) is 0 Å². The van der Waals surface area contributed by atoms with Gasteiger partial charge < -0.3 is 15.5 Å². The maximum Gasteiger partial charge on any atom is 0.348 e. The highest BCUT2D eigenvalue weighted by Gasteiger charge is 2.39. The van der Waals surface area contributed by atoms with Gasteiger partial charge in [0.15, 0.2) is 0 Å². The second-order valence-electron chi connectivity index (χ2n) is 3.63. The fourth-order valence-corrected chi connectivity index (χ4v) is 2.08. The molecule has 3 N–H and O–H groups in total. The predicted molar refractivity (Wildman–Crippen MR) is 50.4 cm³/mol. The molecule has 0 aromatic heterocycles. The van der Waals surface area contributed by atoms with Crippen molar-refractivity contribution in [3.8, 4) is 0 Å². The number of hydrogen-bond donors (Lipinski definition) is 3. The van der Waals surface area contributed by atoms with Crippen molar-refractivity contribution in [2.45, 2.75) is 24.6 Å². The molecule has 1 aliphatic heterocycles. The van der Waals surface area contributed by atoms with E-state index < -0.39 is 19.8 Å². The van der Waals surface area contributed by atoms with Gasteiger partial charge in [-0.15, -0.1) is 0 Å². The third-order valence-corrected chi connectivity index (χ3v) is 3.14. The van der Waals surface area contributed by atoms with Gasteiger partial charge in [0.1, 0.15) is 0 Å². The average Bonchev–Trinajstić information content (AvgIpc) is 2.19. The third-order valence-electron chi connectivity index (χ3n) is 2.47. The summed E-state index contributed by atoms with van der Waals surface area (Å²) in [7, 11) is -0.732. The van der Waals surface area contributed by atoms with Crippen LogP contribution in [-0.4, -0.2) is 34.6 Å². The van der Waals surface area contributed by atoms with Crippen LogP contribution in [-0.2, 0) is 9.36 Å². The second-order valence-corrected chi connectivity index (χ2v) is 4.55. The number of carboxylic acid groups (broad SMARTS) is 1. The lowest BCUT2D eigenvalue weighted by atomic mass is 9.93. The number of rotatable bonds is 4. The van der Waals surface area contributed by atoms with E-state index in [1.54, 1.807) is 0 Å². The Morgan fingerprint density at radius 2 is 2.36 bits per heavy atom. The molecular formula is C8H14NO4P. The Bertz CT molecular complexity index is 229. The monoisotopic (exact) mass is 219 g/mol. The van der Waals surface area contributed by atoms with E-state index in [0.29, 0.717) is 6.54 Å². The topological polar surface area (TPSA) is 86.6 Å². The summed E-state index contributed by atoms with van der Waals surface area (Å²) < 4.78 is 10.6. The molecular weight excluding hydrogens is 205 g/mol. The van der Waals surface area contributed by atoms with E-state index in [4.69, 9.17) is 5.11 Å². The zero-order valence-corrected chi connectivity index (χ0v) is 8.67. The smallest absolute Gasteiger partial charge is 0.348 e. The van der Waals surface area contributed by atoms with Crippen LogP contribution >= 0.6 is 8.46 Å². The molecule has 0 spiro atoms. The normalized spacial score (nSPS) is 27.1. The molecule has 1 rings (SSSR count). The Morgan fingerprint density at radius 1 is 1.64 bits per heavy atom. The average molecular weight is 219 g/mol. The van der Waals surface area contributed by atoms with Gasteiger partial charge in [-0.25, -0.2) is 4.79 Å². The van der Waals surface area contributed by atoms with Crippen LogP contribution in [0.15, 0.2) is 0 Å². The first-order valence-electron chi connectivity index (χ1n) is 4.59. The molecule has 1 fully saturated rings. The van der Waals surface area contributed by atoms with Gasteiger partial charge in [0.25, 0.3) is 0 Å². The zero-order valence-electron chi connectivity index (χ0n) is 7.77. The van der Waals surface area contributed by atoms with Gasteiger partial charge in [-0.3, -0.25) is 4.57 Å². The first-order valence-corrected chi connectivity index (χ1v) is 5.41. The molecule has 0 bridgehead atoms. The van der Waals surface area contributed by atoms with Crippen molar-refractivity contribution in [2.75, 3.05) is 13.1 Å². The molecule has 1 saturated heterocycles. The lowest BCUT2D eigenvalue weighted by molar-refractivity contribution is -0.151. The third kappa shape index (κ3) is 2.74. The lowest BCUT2D eigenvalue weighted by Gasteiger charge is -2.26. The first-order chi connectivity index (χ1) is 6.58. The number of hydrogen-bond acceptors (Lipinski definition) is 4. The van der Waals surface area contributed by atoms with Crippen molar-refractivity contribution in [3.63, 3.8) is 0 Å². The van der Waals surface area contributed by atoms with E-state index in [2.05, 4.69) is 5.32 Å². The highest BCUT2D eigenvalue weighted by molar-refractivity contribution is 7.27. The molecule has 0 aromatic rings. The molecule has 6 heteroatoms. The number of aliphatic hydroxyl groups is 1. The summed E-state index contributed by atoms with van der Waals surface area (Å²) in [6, 6.07) is 0. The van der Waals surface area contributed by atoms with E-state index in [0.717, 1.165) is 19.4 Å². The SMILES string of the molecule is O=PC(O)(CC1CCCNC1)C(=O)O. The van der Waals surface area contributed by atoms with E-state index in [-0.39, 0.29) is 12.3 Å². The van der Waals surface area contributed by atoms with E-state index in [1.165, 1.54) is 0 Å². The molecule has 14 heavy (non-hydrogen) atoms. The molecule has 0 amide bonds. The van der Waals surface area contributed by atoms with Crippen molar-refractivity contribution in [1.29, 1.82) is 0 Å². The first kappa shape index (κ1) is 11.6. The Kier molecular flexibility index (Phi) is 3.98. The maximum absolute atomic E-state index is 10.6. The van der Waals surface area contributed by atoms with Crippen LogP contribution < -0.4 is 5.32 Å². The summed E-state index contributed by atoms with van der Waals surface area (Å²) in [5.41, 5.74) is 0. The van der Waals surface area contributed by atoms with Crippen LogP contribution in [0.1, 0.15) is 19.3 Å². The highest BCUT2D eigenvalue weighted by atomic mass is 31.1.